The predicted molar refractivity (Wildman–Crippen MR) is 94.8 cm³/mol. The average Bonchev–Trinajstić information content (AvgIpc) is 3.01. The van der Waals surface area contributed by atoms with Gasteiger partial charge in [-0.05, 0) is 43.1 Å². The molecule has 0 unspecified atom stereocenters. The number of nitrogens with zero attached hydrogens (tertiary/aromatic N) is 2. The summed E-state index contributed by atoms with van der Waals surface area (Å²) in [5.74, 6) is 1.59. The Morgan fingerprint density at radius 3 is 2.83 bits per heavy atom. The Balaban J connectivity index is 1.51. The van der Waals surface area contributed by atoms with Gasteiger partial charge < -0.3 is 4.98 Å². The maximum Gasteiger partial charge on any atom is 0.111 e. The second-order valence-electron chi connectivity index (χ2n) is 6.30. The van der Waals surface area contributed by atoms with Gasteiger partial charge in [0.25, 0.3) is 0 Å². The smallest absolute Gasteiger partial charge is 0.111 e. The molecule has 118 valence electrons. The number of aromatic amines is 1. The van der Waals surface area contributed by atoms with Gasteiger partial charge in [0, 0.05) is 24.0 Å². The molecule has 2 heterocycles. The number of hydrogen-bond donors (Lipinski definition) is 1. The SMILES string of the molecule is Clc1ccccc1CN1CCC[C@@H](c2nc3ccccc3[nH]2)C1. The molecule has 1 aliphatic heterocycles. The summed E-state index contributed by atoms with van der Waals surface area (Å²) in [6.45, 7) is 3.07. The third-order valence-corrected chi connectivity index (χ3v) is 5.02. The van der Waals surface area contributed by atoms with Crippen LogP contribution in [0.25, 0.3) is 11.0 Å². The maximum absolute atomic E-state index is 6.31. The van der Waals surface area contributed by atoms with E-state index in [4.69, 9.17) is 16.6 Å². The second-order valence-corrected chi connectivity index (χ2v) is 6.71. The summed E-state index contributed by atoms with van der Waals surface area (Å²) >= 11 is 6.31. The topological polar surface area (TPSA) is 31.9 Å². The number of piperidine rings is 1. The highest BCUT2D eigenvalue weighted by atomic mass is 35.5. The summed E-state index contributed by atoms with van der Waals surface area (Å²) in [4.78, 5) is 10.8. The molecule has 1 atom stereocenters. The minimum Gasteiger partial charge on any atom is -0.342 e. The molecule has 1 N–H and O–H groups in total. The third kappa shape index (κ3) is 3.12. The number of para-hydroxylation sites is 2. The lowest BCUT2D eigenvalue weighted by molar-refractivity contribution is 0.197. The van der Waals surface area contributed by atoms with Crippen LogP contribution in [0.4, 0.5) is 0 Å². The number of halogens is 1. The Morgan fingerprint density at radius 2 is 1.96 bits per heavy atom. The van der Waals surface area contributed by atoms with Gasteiger partial charge in [-0.15, -0.1) is 0 Å². The number of H-pyrrole nitrogens is 1. The Morgan fingerprint density at radius 1 is 1.13 bits per heavy atom. The van der Waals surface area contributed by atoms with E-state index < -0.39 is 0 Å². The Kier molecular flexibility index (Phi) is 4.06. The molecule has 4 heteroatoms. The fraction of sp³-hybridized carbons (Fsp3) is 0.316. The quantitative estimate of drug-likeness (QED) is 0.763. The van der Waals surface area contributed by atoms with E-state index in [1.54, 1.807) is 0 Å². The van der Waals surface area contributed by atoms with Gasteiger partial charge in [-0.3, -0.25) is 4.90 Å². The second kappa shape index (κ2) is 6.34. The summed E-state index contributed by atoms with van der Waals surface area (Å²) in [7, 11) is 0. The Hall–Kier alpha value is -1.84. The van der Waals surface area contributed by atoms with E-state index >= 15 is 0 Å². The zero-order chi connectivity index (χ0) is 15.6. The van der Waals surface area contributed by atoms with Crippen LogP contribution in [0.1, 0.15) is 30.1 Å². The summed E-state index contributed by atoms with van der Waals surface area (Å²) < 4.78 is 0. The van der Waals surface area contributed by atoms with Crippen LogP contribution in [0.5, 0.6) is 0 Å². The largest absolute Gasteiger partial charge is 0.342 e. The van der Waals surface area contributed by atoms with Crippen molar-refractivity contribution < 1.29 is 0 Å². The number of rotatable bonds is 3. The fourth-order valence-electron chi connectivity index (χ4n) is 3.46. The molecule has 0 bridgehead atoms. The molecule has 0 spiro atoms. The fourth-order valence-corrected chi connectivity index (χ4v) is 3.65. The highest BCUT2D eigenvalue weighted by Gasteiger charge is 2.24. The van der Waals surface area contributed by atoms with Crippen LogP contribution in [-0.2, 0) is 6.54 Å². The van der Waals surface area contributed by atoms with Crippen molar-refractivity contribution in [2.45, 2.75) is 25.3 Å². The van der Waals surface area contributed by atoms with Crippen LogP contribution >= 0.6 is 11.6 Å². The molecule has 23 heavy (non-hydrogen) atoms. The zero-order valence-corrected chi connectivity index (χ0v) is 13.8. The first kappa shape index (κ1) is 14.7. The molecule has 1 saturated heterocycles. The van der Waals surface area contributed by atoms with Crippen LogP contribution < -0.4 is 0 Å². The van der Waals surface area contributed by atoms with Crippen molar-refractivity contribution in [1.82, 2.24) is 14.9 Å². The van der Waals surface area contributed by atoms with Crippen molar-refractivity contribution in [2.24, 2.45) is 0 Å². The number of fused-ring (bicyclic) bond motifs is 1. The van der Waals surface area contributed by atoms with Crippen molar-refractivity contribution >= 4 is 22.6 Å². The Bertz CT molecular complexity index is 778. The summed E-state index contributed by atoms with van der Waals surface area (Å²) in [6, 6.07) is 16.4. The van der Waals surface area contributed by atoms with E-state index in [0.717, 1.165) is 41.5 Å². The number of likely N-dealkylation sites (tertiary alicyclic amines) is 1. The van der Waals surface area contributed by atoms with Gasteiger partial charge >= 0.3 is 0 Å². The van der Waals surface area contributed by atoms with Crippen LogP contribution in [0, 0.1) is 0 Å². The van der Waals surface area contributed by atoms with Gasteiger partial charge in [-0.25, -0.2) is 4.98 Å². The molecule has 1 aromatic heterocycles. The molecule has 1 fully saturated rings. The molecule has 3 aromatic rings. The van der Waals surface area contributed by atoms with Crippen molar-refractivity contribution in [3.63, 3.8) is 0 Å². The minimum absolute atomic E-state index is 0.471. The molecule has 0 amide bonds. The van der Waals surface area contributed by atoms with E-state index in [1.807, 2.05) is 18.2 Å². The molecule has 4 rings (SSSR count). The molecule has 3 nitrogen and oxygen atoms in total. The molecular formula is C19H20ClN3. The van der Waals surface area contributed by atoms with Crippen LogP contribution in [0.15, 0.2) is 48.5 Å². The molecule has 0 aliphatic carbocycles. The summed E-state index contributed by atoms with van der Waals surface area (Å²) in [6.07, 6.45) is 2.39. The lowest BCUT2D eigenvalue weighted by atomic mass is 9.97. The van der Waals surface area contributed by atoms with Gasteiger partial charge in [0.1, 0.15) is 5.82 Å². The minimum atomic E-state index is 0.471. The average molecular weight is 326 g/mol. The van der Waals surface area contributed by atoms with Crippen molar-refractivity contribution in [1.29, 1.82) is 0 Å². The van der Waals surface area contributed by atoms with E-state index in [-0.39, 0.29) is 0 Å². The van der Waals surface area contributed by atoms with Crippen LogP contribution in [0.3, 0.4) is 0 Å². The van der Waals surface area contributed by atoms with Crippen molar-refractivity contribution in [2.75, 3.05) is 13.1 Å². The van der Waals surface area contributed by atoms with E-state index in [9.17, 15) is 0 Å². The van der Waals surface area contributed by atoms with E-state index in [0.29, 0.717) is 5.92 Å². The van der Waals surface area contributed by atoms with Gasteiger partial charge in [-0.2, -0.15) is 0 Å². The number of aromatic nitrogens is 2. The summed E-state index contributed by atoms with van der Waals surface area (Å²) in [5.41, 5.74) is 3.40. The predicted octanol–water partition coefficient (Wildman–Crippen LogP) is 4.60. The molecule has 2 aromatic carbocycles. The molecular weight excluding hydrogens is 306 g/mol. The van der Waals surface area contributed by atoms with Gasteiger partial charge in [0.15, 0.2) is 0 Å². The lowest BCUT2D eigenvalue weighted by Gasteiger charge is -2.32. The normalized spacial score (nSPS) is 19.3. The third-order valence-electron chi connectivity index (χ3n) is 4.65. The molecule has 1 aliphatic rings. The number of hydrogen-bond acceptors (Lipinski definition) is 2. The van der Waals surface area contributed by atoms with Crippen LogP contribution in [-0.4, -0.2) is 28.0 Å². The molecule has 0 saturated carbocycles. The van der Waals surface area contributed by atoms with Gasteiger partial charge in [-0.1, -0.05) is 41.9 Å². The first-order chi connectivity index (χ1) is 11.3. The number of imidazole rings is 1. The highest BCUT2D eigenvalue weighted by molar-refractivity contribution is 6.31. The molecule has 0 radical (unpaired) electrons. The van der Waals surface area contributed by atoms with Crippen molar-refractivity contribution in [3.05, 3.63) is 64.9 Å². The van der Waals surface area contributed by atoms with Crippen LogP contribution in [0.2, 0.25) is 5.02 Å². The zero-order valence-electron chi connectivity index (χ0n) is 13.0. The van der Waals surface area contributed by atoms with E-state index in [1.165, 1.54) is 18.4 Å². The Labute approximate surface area is 141 Å². The van der Waals surface area contributed by atoms with Gasteiger partial charge in [0.05, 0.1) is 11.0 Å². The number of benzene rings is 2. The van der Waals surface area contributed by atoms with Gasteiger partial charge in [0.2, 0.25) is 0 Å². The summed E-state index contributed by atoms with van der Waals surface area (Å²) in [5, 5.41) is 0.860. The highest BCUT2D eigenvalue weighted by Crippen LogP contribution is 2.28. The maximum atomic E-state index is 6.31. The first-order valence-corrected chi connectivity index (χ1v) is 8.58. The number of nitrogens with one attached hydrogen (secondary N) is 1. The van der Waals surface area contributed by atoms with Crippen molar-refractivity contribution in [3.8, 4) is 0 Å². The first-order valence-electron chi connectivity index (χ1n) is 8.20. The van der Waals surface area contributed by atoms with E-state index in [2.05, 4.69) is 40.2 Å². The lowest BCUT2D eigenvalue weighted by Crippen LogP contribution is -2.34. The standard InChI is InChI=1S/C19H20ClN3/c20-16-8-2-1-6-14(16)12-23-11-5-7-15(13-23)19-21-17-9-3-4-10-18(17)22-19/h1-4,6,8-10,15H,5,7,11-13H2,(H,21,22)/t15-/m1/s1. The monoisotopic (exact) mass is 325 g/mol.